The van der Waals surface area contributed by atoms with Crippen LogP contribution in [0.25, 0.3) is 0 Å². The van der Waals surface area contributed by atoms with Crippen LogP contribution in [0.15, 0.2) is 17.5 Å². The van der Waals surface area contributed by atoms with Gasteiger partial charge in [0.05, 0.1) is 19.7 Å². The van der Waals surface area contributed by atoms with Crippen molar-refractivity contribution >= 4 is 17.2 Å². The number of rotatable bonds is 5. The molecule has 2 N–H and O–H groups in total. The van der Waals surface area contributed by atoms with Crippen molar-refractivity contribution < 1.29 is 9.90 Å². The Bertz CT molecular complexity index is 353. The van der Waals surface area contributed by atoms with Crippen LogP contribution in [0.5, 0.6) is 0 Å². The lowest BCUT2D eigenvalue weighted by Gasteiger charge is -2.21. The van der Waals surface area contributed by atoms with Gasteiger partial charge in [-0.25, -0.2) is 0 Å². The first-order valence-corrected chi connectivity index (χ1v) is 6.81. The third-order valence-corrected chi connectivity index (χ3v) is 3.97. The number of likely N-dealkylation sites (tertiary alicyclic amines) is 1. The van der Waals surface area contributed by atoms with E-state index >= 15 is 0 Å². The molecule has 4 nitrogen and oxygen atoms in total. The summed E-state index contributed by atoms with van der Waals surface area (Å²) in [6, 6.07) is 4.16. The van der Waals surface area contributed by atoms with Gasteiger partial charge in [-0.2, -0.15) is 0 Å². The van der Waals surface area contributed by atoms with Gasteiger partial charge in [-0.3, -0.25) is 9.69 Å². The standard InChI is InChI=1S/C12H18N2O2S/c15-9-10-3-1-5-14(10)8-12(16)13-7-11-4-2-6-17-11/h2,4,6,10,15H,1,3,5,7-9H2,(H,13,16)/t10-/m0/s1. The lowest BCUT2D eigenvalue weighted by molar-refractivity contribution is -0.122. The molecule has 1 aromatic rings. The first kappa shape index (κ1) is 12.5. The highest BCUT2D eigenvalue weighted by molar-refractivity contribution is 7.09. The molecule has 1 amide bonds. The van der Waals surface area contributed by atoms with Crippen molar-refractivity contribution in [3.05, 3.63) is 22.4 Å². The van der Waals surface area contributed by atoms with Gasteiger partial charge in [-0.15, -0.1) is 11.3 Å². The van der Waals surface area contributed by atoms with Gasteiger partial charge in [-0.05, 0) is 30.8 Å². The predicted octanol–water partition coefficient (Wildman–Crippen LogP) is 0.821. The number of aliphatic hydroxyl groups is 1. The van der Waals surface area contributed by atoms with Gasteiger partial charge >= 0.3 is 0 Å². The molecule has 0 unspecified atom stereocenters. The summed E-state index contributed by atoms with van der Waals surface area (Å²) in [4.78, 5) is 15.0. The number of hydrogen-bond donors (Lipinski definition) is 2. The highest BCUT2D eigenvalue weighted by Crippen LogP contribution is 2.15. The van der Waals surface area contributed by atoms with Crippen LogP contribution in [0.3, 0.4) is 0 Å². The molecule has 17 heavy (non-hydrogen) atoms. The molecule has 1 aliphatic rings. The monoisotopic (exact) mass is 254 g/mol. The molecular formula is C12H18N2O2S. The number of carbonyl (C=O) groups excluding carboxylic acids is 1. The van der Waals surface area contributed by atoms with E-state index in [1.54, 1.807) is 11.3 Å². The molecule has 0 saturated carbocycles. The van der Waals surface area contributed by atoms with E-state index in [1.807, 2.05) is 17.5 Å². The van der Waals surface area contributed by atoms with Crippen molar-refractivity contribution in [2.75, 3.05) is 19.7 Å². The van der Waals surface area contributed by atoms with E-state index in [0.717, 1.165) is 19.4 Å². The number of hydrogen-bond acceptors (Lipinski definition) is 4. The Morgan fingerprint density at radius 3 is 3.24 bits per heavy atom. The number of aliphatic hydroxyl groups excluding tert-OH is 1. The average molecular weight is 254 g/mol. The molecule has 5 heteroatoms. The van der Waals surface area contributed by atoms with E-state index in [4.69, 9.17) is 5.11 Å². The van der Waals surface area contributed by atoms with Gasteiger partial charge in [0.15, 0.2) is 0 Å². The molecule has 0 bridgehead atoms. The van der Waals surface area contributed by atoms with Gasteiger partial charge in [0, 0.05) is 10.9 Å². The molecule has 94 valence electrons. The van der Waals surface area contributed by atoms with E-state index in [9.17, 15) is 4.79 Å². The molecule has 1 fully saturated rings. The Morgan fingerprint density at radius 1 is 1.65 bits per heavy atom. The van der Waals surface area contributed by atoms with Crippen LogP contribution in [0, 0.1) is 0 Å². The zero-order valence-corrected chi connectivity index (χ0v) is 10.6. The van der Waals surface area contributed by atoms with Gasteiger partial charge in [0.1, 0.15) is 0 Å². The van der Waals surface area contributed by atoms with Crippen LogP contribution in [0.4, 0.5) is 0 Å². The first-order valence-electron chi connectivity index (χ1n) is 5.93. The van der Waals surface area contributed by atoms with Crippen LogP contribution in [-0.4, -0.2) is 41.7 Å². The Labute approximate surface area is 105 Å². The molecule has 0 radical (unpaired) electrons. The van der Waals surface area contributed by atoms with Crippen molar-refractivity contribution in [2.45, 2.75) is 25.4 Å². The van der Waals surface area contributed by atoms with E-state index in [-0.39, 0.29) is 18.6 Å². The summed E-state index contributed by atoms with van der Waals surface area (Å²) in [5, 5.41) is 14.1. The maximum Gasteiger partial charge on any atom is 0.234 e. The lowest BCUT2D eigenvalue weighted by atomic mass is 10.2. The molecule has 0 aliphatic carbocycles. The minimum atomic E-state index is 0.0405. The smallest absolute Gasteiger partial charge is 0.234 e. The number of amides is 1. The van der Waals surface area contributed by atoms with Crippen LogP contribution >= 0.6 is 11.3 Å². The Kier molecular flexibility index (Phi) is 4.53. The summed E-state index contributed by atoms with van der Waals surface area (Å²) < 4.78 is 0. The normalized spacial score (nSPS) is 20.6. The lowest BCUT2D eigenvalue weighted by Crippen LogP contribution is -2.40. The molecule has 2 rings (SSSR count). The van der Waals surface area contributed by atoms with Crippen LogP contribution in [0.1, 0.15) is 17.7 Å². The minimum Gasteiger partial charge on any atom is -0.395 e. The molecule has 1 aromatic heterocycles. The SMILES string of the molecule is O=C(CN1CCC[C@H]1CO)NCc1cccs1. The molecule has 1 saturated heterocycles. The maximum absolute atomic E-state index is 11.7. The van der Waals surface area contributed by atoms with Crippen molar-refractivity contribution in [1.82, 2.24) is 10.2 Å². The zero-order chi connectivity index (χ0) is 12.1. The van der Waals surface area contributed by atoms with Crippen LogP contribution in [0.2, 0.25) is 0 Å². The van der Waals surface area contributed by atoms with Gasteiger partial charge < -0.3 is 10.4 Å². The van der Waals surface area contributed by atoms with Crippen molar-refractivity contribution in [2.24, 2.45) is 0 Å². The average Bonchev–Trinajstić information content (AvgIpc) is 2.97. The van der Waals surface area contributed by atoms with Crippen LogP contribution in [-0.2, 0) is 11.3 Å². The summed E-state index contributed by atoms with van der Waals surface area (Å²) >= 11 is 1.64. The number of carbonyl (C=O) groups is 1. The predicted molar refractivity (Wildman–Crippen MR) is 67.8 cm³/mol. The Hall–Kier alpha value is -0.910. The largest absolute Gasteiger partial charge is 0.395 e. The highest BCUT2D eigenvalue weighted by atomic mass is 32.1. The van der Waals surface area contributed by atoms with Crippen molar-refractivity contribution in [1.29, 1.82) is 0 Å². The molecule has 2 heterocycles. The molecular weight excluding hydrogens is 236 g/mol. The minimum absolute atomic E-state index is 0.0405. The first-order chi connectivity index (χ1) is 8.29. The zero-order valence-electron chi connectivity index (χ0n) is 9.76. The number of thiophene rings is 1. The van der Waals surface area contributed by atoms with E-state index < -0.39 is 0 Å². The quantitative estimate of drug-likeness (QED) is 0.818. The Morgan fingerprint density at radius 2 is 2.53 bits per heavy atom. The topological polar surface area (TPSA) is 52.6 Å². The maximum atomic E-state index is 11.7. The van der Waals surface area contributed by atoms with E-state index in [0.29, 0.717) is 13.1 Å². The second-order valence-electron chi connectivity index (χ2n) is 4.31. The molecule has 0 spiro atoms. The Balaban J connectivity index is 1.73. The second-order valence-corrected chi connectivity index (χ2v) is 5.34. The fourth-order valence-corrected chi connectivity index (χ4v) is 2.79. The van der Waals surface area contributed by atoms with Gasteiger partial charge in [0.2, 0.25) is 5.91 Å². The van der Waals surface area contributed by atoms with Crippen molar-refractivity contribution in [3.8, 4) is 0 Å². The van der Waals surface area contributed by atoms with Gasteiger partial charge in [-0.1, -0.05) is 6.07 Å². The fourth-order valence-electron chi connectivity index (χ4n) is 2.15. The number of nitrogens with one attached hydrogen (secondary N) is 1. The van der Waals surface area contributed by atoms with Crippen LogP contribution < -0.4 is 5.32 Å². The summed E-state index contributed by atoms with van der Waals surface area (Å²) in [7, 11) is 0. The molecule has 1 aliphatic heterocycles. The summed E-state index contributed by atoms with van der Waals surface area (Å²) in [5.41, 5.74) is 0. The fraction of sp³-hybridized carbons (Fsp3) is 0.583. The van der Waals surface area contributed by atoms with Gasteiger partial charge in [0.25, 0.3) is 0 Å². The van der Waals surface area contributed by atoms with E-state index in [2.05, 4.69) is 10.2 Å². The van der Waals surface area contributed by atoms with E-state index in [1.165, 1.54) is 4.88 Å². The molecule has 0 aromatic carbocycles. The third-order valence-electron chi connectivity index (χ3n) is 3.10. The molecule has 1 atom stereocenters. The summed E-state index contributed by atoms with van der Waals surface area (Å²) in [6.07, 6.45) is 2.07. The highest BCUT2D eigenvalue weighted by Gasteiger charge is 2.25. The van der Waals surface area contributed by atoms with Crippen molar-refractivity contribution in [3.63, 3.8) is 0 Å². The second kappa shape index (κ2) is 6.14. The third kappa shape index (κ3) is 3.52. The summed E-state index contributed by atoms with van der Waals surface area (Å²) in [6.45, 7) is 2.07. The summed E-state index contributed by atoms with van der Waals surface area (Å²) in [5.74, 6) is 0.0405. The number of nitrogens with zero attached hydrogens (tertiary/aromatic N) is 1.